The van der Waals surface area contributed by atoms with Crippen LogP contribution in [-0.4, -0.2) is 46.2 Å². The summed E-state index contributed by atoms with van der Waals surface area (Å²) < 4.78 is 5.08. The summed E-state index contributed by atoms with van der Waals surface area (Å²) in [5, 5.41) is 3.99. The van der Waals surface area contributed by atoms with E-state index in [1.807, 2.05) is 41.1 Å². The summed E-state index contributed by atoms with van der Waals surface area (Å²) in [6.45, 7) is 4.53. The van der Waals surface area contributed by atoms with E-state index in [0.717, 1.165) is 11.5 Å². The lowest BCUT2D eigenvalue weighted by molar-refractivity contribution is 0.235. The van der Waals surface area contributed by atoms with Gasteiger partial charge in [0.2, 0.25) is 11.9 Å². The quantitative estimate of drug-likeness (QED) is 0.871. The first kappa shape index (κ1) is 15.2. The van der Waals surface area contributed by atoms with Crippen molar-refractivity contribution in [3.8, 4) is 0 Å². The van der Waals surface area contributed by atoms with Crippen LogP contribution in [0.4, 0.5) is 11.9 Å². The monoisotopic (exact) mass is 291 g/mol. The summed E-state index contributed by atoms with van der Waals surface area (Å²) in [4.78, 5) is 16.6. The van der Waals surface area contributed by atoms with E-state index in [4.69, 9.17) is 10.3 Å². The van der Waals surface area contributed by atoms with Gasteiger partial charge in [-0.05, 0) is 20.9 Å². The third-order valence-electron chi connectivity index (χ3n) is 3.18. The minimum absolute atomic E-state index is 0.0222. The molecule has 0 aliphatic carbocycles. The molecule has 0 aliphatic heterocycles. The molecule has 21 heavy (non-hydrogen) atoms. The molecule has 0 bridgehead atoms. The normalized spacial score (nSPS) is 12.7. The molecule has 114 valence electrons. The second kappa shape index (κ2) is 6.04. The van der Waals surface area contributed by atoms with E-state index in [2.05, 4.69) is 25.0 Å². The van der Waals surface area contributed by atoms with Crippen molar-refractivity contribution >= 4 is 11.9 Å². The molecule has 0 aliphatic rings. The van der Waals surface area contributed by atoms with Gasteiger partial charge in [0, 0.05) is 26.7 Å². The third kappa shape index (κ3) is 3.66. The van der Waals surface area contributed by atoms with Crippen LogP contribution >= 0.6 is 0 Å². The minimum atomic E-state index is -0.0222. The van der Waals surface area contributed by atoms with Crippen molar-refractivity contribution in [3.05, 3.63) is 23.3 Å². The fourth-order valence-corrected chi connectivity index (χ4v) is 1.87. The summed E-state index contributed by atoms with van der Waals surface area (Å²) in [5.41, 5.74) is 6.63. The van der Waals surface area contributed by atoms with E-state index < -0.39 is 0 Å². The first-order chi connectivity index (χ1) is 9.86. The maximum Gasteiger partial charge on any atom is 0.229 e. The fourth-order valence-electron chi connectivity index (χ4n) is 1.87. The lowest BCUT2D eigenvalue weighted by atomic mass is 10.2. The highest BCUT2D eigenvalue weighted by molar-refractivity contribution is 5.33. The van der Waals surface area contributed by atoms with Crippen LogP contribution < -0.4 is 10.6 Å². The van der Waals surface area contributed by atoms with Crippen LogP contribution in [-0.2, 0) is 6.54 Å². The average Bonchev–Trinajstić information content (AvgIpc) is 2.82. The molecule has 2 heterocycles. The average molecular weight is 291 g/mol. The van der Waals surface area contributed by atoms with Crippen molar-refractivity contribution in [1.29, 1.82) is 0 Å². The van der Waals surface area contributed by atoms with Crippen LogP contribution in [0, 0.1) is 6.92 Å². The van der Waals surface area contributed by atoms with Crippen LogP contribution in [0.2, 0.25) is 0 Å². The van der Waals surface area contributed by atoms with Crippen LogP contribution in [0.3, 0.4) is 0 Å². The van der Waals surface area contributed by atoms with E-state index in [1.54, 1.807) is 4.90 Å². The maximum absolute atomic E-state index is 5.76. The molecule has 0 spiro atoms. The van der Waals surface area contributed by atoms with E-state index in [1.165, 1.54) is 0 Å². The fraction of sp³-hybridized carbons (Fsp3) is 0.538. The number of anilines is 2. The van der Waals surface area contributed by atoms with Crippen molar-refractivity contribution < 1.29 is 4.52 Å². The Labute approximate surface area is 124 Å². The molecule has 0 radical (unpaired) electrons. The number of nitrogen functional groups attached to an aromatic ring is 1. The Balaban J connectivity index is 2.16. The molecule has 2 N–H and O–H groups in total. The van der Waals surface area contributed by atoms with Gasteiger partial charge in [-0.1, -0.05) is 5.16 Å². The molecule has 0 saturated carbocycles. The van der Waals surface area contributed by atoms with E-state index in [9.17, 15) is 0 Å². The zero-order chi connectivity index (χ0) is 15.6. The van der Waals surface area contributed by atoms with Gasteiger partial charge in [-0.15, -0.1) is 0 Å². The topological polar surface area (TPSA) is 97.2 Å². The van der Waals surface area contributed by atoms with Crippen LogP contribution in [0.1, 0.15) is 30.2 Å². The molecule has 0 fully saturated rings. The number of hydrogen-bond donors (Lipinski definition) is 1. The van der Waals surface area contributed by atoms with Gasteiger partial charge in [0.1, 0.15) is 5.76 Å². The maximum atomic E-state index is 5.76. The predicted molar refractivity (Wildman–Crippen MR) is 79.7 cm³/mol. The van der Waals surface area contributed by atoms with Gasteiger partial charge in [0.15, 0.2) is 5.82 Å². The first-order valence-electron chi connectivity index (χ1n) is 6.68. The predicted octanol–water partition coefficient (Wildman–Crippen LogP) is 1.01. The molecular weight excluding hydrogens is 270 g/mol. The summed E-state index contributed by atoms with van der Waals surface area (Å²) in [7, 11) is 5.71. The van der Waals surface area contributed by atoms with E-state index in [-0.39, 0.29) is 12.0 Å². The molecule has 0 amide bonds. The van der Waals surface area contributed by atoms with Gasteiger partial charge in [0.25, 0.3) is 0 Å². The zero-order valence-corrected chi connectivity index (χ0v) is 13.0. The Bertz CT molecular complexity index is 610. The number of aryl methyl sites for hydroxylation is 1. The number of nitrogens with zero attached hydrogens (tertiary/aromatic N) is 6. The lowest BCUT2D eigenvalue weighted by Gasteiger charge is -2.23. The second-order valence-electron chi connectivity index (χ2n) is 5.27. The van der Waals surface area contributed by atoms with E-state index in [0.29, 0.717) is 18.3 Å². The van der Waals surface area contributed by atoms with Crippen LogP contribution in [0.25, 0.3) is 0 Å². The van der Waals surface area contributed by atoms with Crippen molar-refractivity contribution in [3.63, 3.8) is 0 Å². The van der Waals surface area contributed by atoms with Crippen molar-refractivity contribution in [2.75, 3.05) is 31.8 Å². The molecule has 0 aromatic carbocycles. The van der Waals surface area contributed by atoms with Gasteiger partial charge in [-0.3, -0.25) is 4.90 Å². The largest absolute Gasteiger partial charge is 0.368 e. The summed E-state index contributed by atoms with van der Waals surface area (Å²) in [6.07, 6.45) is 0. The van der Waals surface area contributed by atoms with Gasteiger partial charge in [0.05, 0.1) is 11.7 Å². The molecule has 1 atom stereocenters. The standard InChI is InChI=1S/C13H21N7O/c1-8-6-10(18-21-8)7-20(5)9(2)11-15-12(14)17-13(16-11)19(3)4/h6,9H,7H2,1-5H3,(H2,14,15,16,17). The Morgan fingerprint density at radius 1 is 1.24 bits per heavy atom. The highest BCUT2D eigenvalue weighted by Crippen LogP contribution is 2.19. The smallest absolute Gasteiger partial charge is 0.229 e. The Hall–Kier alpha value is -2.22. The number of rotatable bonds is 5. The van der Waals surface area contributed by atoms with Gasteiger partial charge in [-0.25, -0.2) is 0 Å². The van der Waals surface area contributed by atoms with Gasteiger partial charge < -0.3 is 15.2 Å². The van der Waals surface area contributed by atoms with Crippen molar-refractivity contribution in [2.24, 2.45) is 0 Å². The van der Waals surface area contributed by atoms with Crippen LogP contribution in [0.5, 0.6) is 0 Å². The zero-order valence-electron chi connectivity index (χ0n) is 13.0. The number of hydrogen-bond acceptors (Lipinski definition) is 8. The molecule has 2 rings (SSSR count). The molecule has 2 aromatic heterocycles. The second-order valence-corrected chi connectivity index (χ2v) is 5.27. The van der Waals surface area contributed by atoms with Gasteiger partial charge >= 0.3 is 0 Å². The Morgan fingerprint density at radius 3 is 2.52 bits per heavy atom. The Kier molecular flexibility index (Phi) is 4.37. The highest BCUT2D eigenvalue weighted by atomic mass is 16.5. The van der Waals surface area contributed by atoms with Gasteiger partial charge in [-0.2, -0.15) is 15.0 Å². The molecule has 0 saturated heterocycles. The molecule has 8 heteroatoms. The van der Waals surface area contributed by atoms with Crippen molar-refractivity contribution in [1.82, 2.24) is 25.0 Å². The van der Waals surface area contributed by atoms with E-state index >= 15 is 0 Å². The highest BCUT2D eigenvalue weighted by Gasteiger charge is 2.18. The summed E-state index contributed by atoms with van der Waals surface area (Å²) in [6, 6.07) is 1.89. The molecule has 8 nitrogen and oxygen atoms in total. The number of aromatic nitrogens is 4. The third-order valence-corrected chi connectivity index (χ3v) is 3.18. The molecule has 2 aromatic rings. The Morgan fingerprint density at radius 2 is 1.95 bits per heavy atom. The summed E-state index contributed by atoms with van der Waals surface area (Å²) >= 11 is 0. The molecular formula is C13H21N7O. The summed E-state index contributed by atoms with van der Waals surface area (Å²) in [5.74, 6) is 2.20. The molecule has 1 unspecified atom stereocenters. The lowest BCUT2D eigenvalue weighted by Crippen LogP contribution is -2.25. The van der Waals surface area contributed by atoms with Crippen molar-refractivity contribution in [2.45, 2.75) is 26.4 Å². The minimum Gasteiger partial charge on any atom is -0.368 e. The SMILES string of the molecule is Cc1cc(CN(C)C(C)c2nc(N)nc(N(C)C)n2)no1. The number of nitrogens with two attached hydrogens (primary N) is 1. The van der Waals surface area contributed by atoms with Crippen LogP contribution in [0.15, 0.2) is 10.6 Å². The first-order valence-corrected chi connectivity index (χ1v) is 6.68.